The predicted molar refractivity (Wildman–Crippen MR) is 127 cm³/mol. The summed E-state index contributed by atoms with van der Waals surface area (Å²) in [5, 5.41) is 13.8. The highest BCUT2D eigenvalue weighted by molar-refractivity contribution is 5.33. The summed E-state index contributed by atoms with van der Waals surface area (Å²) in [6.45, 7) is 15.7. The van der Waals surface area contributed by atoms with Crippen molar-refractivity contribution in [1.82, 2.24) is 10.2 Å². The number of hydrogen-bond donors (Lipinski definition) is 2. The Morgan fingerprint density at radius 1 is 1.03 bits per heavy atom. The van der Waals surface area contributed by atoms with E-state index in [1.54, 1.807) is 0 Å². The maximum absolute atomic E-state index is 10.2. The Hall–Kier alpha value is -1.78. The molecule has 0 saturated heterocycles. The Labute approximate surface area is 184 Å². The first-order chi connectivity index (χ1) is 14.2. The summed E-state index contributed by atoms with van der Waals surface area (Å²) < 4.78 is 6.01. The van der Waals surface area contributed by atoms with Crippen molar-refractivity contribution >= 4 is 0 Å². The van der Waals surface area contributed by atoms with Crippen LogP contribution in [0.25, 0.3) is 0 Å². The van der Waals surface area contributed by atoms with E-state index in [2.05, 4.69) is 70.0 Å². The Bertz CT molecular complexity index is 734. The van der Waals surface area contributed by atoms with E-state index in [4.69, 9.17) is 4.74 Å². The molecule has 0 bridgehead atoms. The van der Waals surface area contributed by atoms with Crippen LogP contribution in [0.2, 0.25) is 0 Å². The lowest BCUT2D eigenvalue weighted by molar-refractivity contribution is 0.111. The van der Waals surface area contributed by atoms with E-state index < -0.39 is 0 Å². The van der Waals surface area contributed by atoms with Crippen LogP contribution in [0.1, 0.15) is 72.8 Å². The summed E-state index contributed by atoms with van der Waals surface area (Å²) in [7, 11) is 0. The molecule has 30 heavy (non-hydrogen) atoms. The molecule has 0 spiro atoms. The molecule has 0 heterocycles. The normalized spacial score (nSPS) is 15.2. The van der Waals surface area contributed by atoms with Crippen molar-refractivity contribution in [1.29, 1.82) is 0 Å². The number of aliphatic hydroxyl groups is 1. The summed E-state index contributed by atoms with van der Waals surface area (Å²) >= 11 is 0. The molecular formula is C26H42N2O2. The maximum Gasteiger partial charge on any atom is 0.140 e. The average Bonchev–Trinajstić information content (AvgIpc) is 2.72. The van der Waals surface area contributed by atoms with E-state index in [0.29, 0.717) is 12.5 Å². The molecule has 0 saturated carbocycles. The molecule has 1 aromatic carbocycles. The van der Waals surface area contributed by atoms with Crippen LogP contribution in [0.15, 0.2) is 47.7 Å². The Kier molecular flexibility index (Phi) is 8.99. The van der Waals surface area contributed by atoms with Crippen LogP contribution < -0.4 is 10.1 Å². The van der Waals surface area contributed by atoms with Crippen LogP contribution in [-0.4, -0.2) is 40.9 Å². The lowest BCUT2D eigenvalue weighted by atomic mass is 9.87. The van der Waals surface area contributed by atoms with Gasteiger partial charge < -0.3 is 9.84 Å². The zero-order chi connectivity index (χ0) is 22.2. The number of ether oxygens (including phenoxy) is 1. The third-order valence-corrected chi connectivity index (χ3v) is 6.32. The van der Waals surface area contributed by atoms with Gasteiger partial charge >= 0.3 is 0 Å². The van der Waals surface area contributed by atoms with E-state index in [9.17, 15) is 5.11 Å². The molecule has 0 atom stereocenters. The molecule has 1 aliphatic rings. The summed E-state index contributed by atoms with van der Waals surface area (Å²) in [5.41, 5.74) is 2.33. The number of rotatable bonds is 12. The van der Waals surface area contributed by atoms with Gasteiger partial charge in [-0.05, 0) is 84.0 Å². The van der Waals surface area contributed by atoms with Crippen LogP contribution in [0, 0.1) is 0 Å². The van der Waals surface area contributed by atoms with E-state index in [0.717, 1.165) is 56.5 Å². The number of para-hydroxylation sites is 1. The molecule has 0 aromatic heterocycles. The molecule has 4 heteroatoms. The van der Waals surface area contributed by atoms with Crippen LogP contribution in [0.3, 0.4) is 0 Å². The SMILES string of the molecule is CCc1ccccc1OCNC(C)(C)CCC(C)(C)N(CC)CC1=CCCC=C1O. The highest BCUT2D eigenvalue weighted by Gasteiger charge is 2.30. The predicted octanol–water partition coefficient (Wildman–Crippen LogP) is 6.00. The monoisotopic (exact) mass is 414 g/mol. The van der Waals surface area contributed by atoms with Gasteiger partial charge in [0.05, 0.1) is 0 Å². The molecule has 0 aliphatic heterocycles. The fourth-order valence-corrected chi connectivity index (χ4v) is 3.93. The molecule has 2 N–H and O–H groups in total. The van der Waals surface area contributed by atoms with Crippen LogP contribution in [0.5, 0.6) is 5.75 Å². The van der Waals surface area contributed by atoms with Gasteiger partial charge in [-0.1, -0.05) is 38.1 Å². The Balaban J connectivity index is 1.87. The molecule has 0 amide bonds. The van der Waals surface area contributed by atoms with Gasteiger partial charge in [-0.15, -0.1) is 0 Å². The number of allylic oxidation sites excluding steroid dienone is 2. The molecule has 4 nitrogen and oxygen atoms in total. The Morgan fingerprint density at radius 3 is 2.40 bits per heavy atom. The largest absolute Gasteiger partial charge is 0.508 e. The standard InChI is InChI=1S/C26H42N2O2/c1-7-21-13-10-12-16-24(21)30-20-27-25(3,4)17-18-26(5,6)28(8-2)19-22-14-9-11-15-23(22)29/h10,12-16,27,29H,7-9,11,17-20H2,1-6H3. The number of aryl methyl sites for hydroxylation is 1. The van der Waals surface area contributed by atoms with Gasteiger partial charge in [-0.25, -0.2) is 0 Å². The van der Waals surface area contributed by atoms with E-state index >= 15 is 0 Å². The van der Waals surface area contributed by atoms with Crippen molar-refractivity contribution in [3.63, 3.8) is 0 Å². The second kappa shape index (κ2) is 11.0. The van der Waals surface area contributed by atoms with E-state index in [1.165, 1.54) is 5.56 Å². The number of nitrogens with one attached hydrogen (secondary N) is 1. The quantitative estimate of drug-likeness (QED) is 0.412. The molecular weight excluding hydrogens is 372 g/mol. The van der Waals surface area contributed by atoms with Crippen LogP contribution >= 0.6 is 0 Å². The van der Waals surface area contributed by atoms with Crippen LogP contribution in [-0.2, 0) is 6.42 Å². The summed E-state index contributed by atoms with van der Waals surface area (Å²) in [4.78, 5) is 2.47. The minimum absolute atomic E-state index is 0.0238. The van der Waals surface area contributed by atoms with Crippen molar-refractivity contribution in [3.05, 3.63) is 53.3 Å². The topological polar surface area (TPSA) is 44.7 Å². The van der Waals surface area contributed by atoms with Crippen molar-refractivity contribution in [2.45, 2.75) is 84.7 Å². The first-order valence-electron chi connectivity index (χ1n) is 11.5. The molecule has 1 aliphatic carbocycles. The third-order valence-electron chi connectivity index (χ3n) is 6.32. The minimum Gasteiger partial charge on any atom is -0.508 e. The number of aliphatic hydroxyl groups excluding tert-OH is 1. The number of hydrogen-bond acceptors (Lipinski definition) is 4. The lowest BCUT2D eigenvalue weighted by Crippen LogP contribution is -2.48. The summed E-state index contributed by atoms with van der Waals surface area (Å²) in [5.74, 6) is 1.43. The molecule has 0 fully saturated rings. The fourth-order valence-electron chi connectivity index (χ4n) is 3.93. The lowest BCUT2D eigenvalue weighted by Gasteiger charge is -2.41. The number of likely N-dealkylation sites (N-methyl/N-ethyl adjacent to an activating group) is 1. The summed E-state index contributed by atoms with van der Waals surface area (Å²) in [6, 6.07) is 8.25. The first kappa shape index (κ1) is 24.5. The van der Waals surface area contributed by atoms with E-state index in [-0.39, 0.29) is 11.1 Å². The van der Waals surface area contributed by atoms with Crippen LogP contribution in [0.4, 0.5) is 0 Å². The van der Waals surface area contributed by atoms with Gasteiger partial charge in [-0.2, -0.15) is 0 Å². The second-order valence-electron chi connectivity index (χ2n) is 9.53. The van der Waals surface area contributed by atoms with Gasteiger partial charge in [-0.3, -0.25) is 10.2 Å². The van der Waals surface area contributed by atoms with Gasteiger partial charge in [0.15, 0.2) is 0 Å². The highest BCUT2D eigenvalue weighted by atomic mass is 16.5. The highest BCUT2D eigenvalue weighted by Crippen LogP contribution is 2.28. The molecule has 168 valence electrons. The fraction of sp³-hybridized carbons (Fsp3) is 0.615. The van der Waals surface area contributed by atoms with Gasteiger partial charge in [0.1, 0.15) is 18.2 Å². The molecule has 0 radical (unpaired) electrons. The van der Waals surface area contributed by atoms with Crippen molar-refractivity contribution in [2.75, 3.05) is 19.8 Å². The Morgan fingerprint density at radius 2 is 1.73 bits per heavy atom. The number of nitrogens with zero attached hydrogens (tertiary/aromatic N) is 1. The van der Waals surface area contributed by atoms with Crippen molar-refractivity contribution in [3.8, 4) is 5.75 Å². The van der Waals surface area contributed by atoms with Gasteiger partial charge in [0.25, 0.3) is 0 Å². The zero-order valence-corrected chi connectivity index (χ0v) is 19.9. The van der Waals surface area contributed by atoms with E-state index in [1.807, 2.05) is 18.2 Å². The molecule has 0 unspecified atom stereocenters. The van der Waals surface area contributed by atoms with Gasteiger partial charge in [0, 0.05) is 23.2 Å². The average molecular weight is 415 g/mol. The minimum atomic E-state index is -0.0238. The van der Waals surface area contributed by atoms with Gasteiger partial charge in [0.2, 0.25) is 0 Å². The number of benzene rings is 1. The summed E-state index contributed by atoms with van der Waals surface area (Å²) in [6.07, 6.45) is 9.16. The second-order valence-corrected chi connectivity index (χ2v) is 9.53. The van der Waals surface area contributed by atoms with Crippen molar-refractivity contribution < 1.29 is 9.84 Å². The zero-order valence-electron chi connectivity index (χ0n) is 19.9. The molecule has 2 rings (SSSR count). The van der Waals surface area contributed by atoms with Crippen molar-refractivity contribution in [2.24, 2.45) is 0 Å². The molecule has 1 aromatic rings. The first-order valence-corrected chi connectivity index (χ1v) is 11.5. The smallest absolute Gasteiger partial charge is 0.140 e. The maximum atomic E-state index is 10.2. The third kappa shape index (κ3) is 7.17.